The number of carbonyl (C=O) groups excluding carboxylic acids is 2. The van der Waals surface area contributed by atoms with Crippen LogP contribution in [0, 0.1) is 0 Å². The number of halogens is 1. The van der Waals surface area contributed by atoms with Crippen molar-refractivity contribution in [2.45, 2.75) is 12.8 Å². The third kappa shape index (κ3) is 4.15. The lowest BCUT2D eigenvalue weighted by molar-refractivity contribution is -0.131. The lowest BCUT2D eigenvalue weighted by Crippen LogP contribution is -2.48. The van der Waals surface area contributed by atoms with E-state index in [9.17, 15) is 9.59 Å². The van der Waals surface area contributed by atoms with Crippen molar-refractivity contribution < 1.29 is 9.59 Å². The van der Waals surface area contributed by atoms with Crippen molar-refractivity contribution >= 4 is 61.3 Å². The summed E-state index contributed by atoms with van der Waals surface area (Å²) in [5.74, 6) is 0.0979. The van der Waals surface area contributed by atoms with E-state index in [0.29, 0.717) is 18.1 Å². The Labute approximate surface area is 170 Å². The summed E-state index contributed by atoms with van der Waals surface area (Å²) in [5.41, 5.74) is 0.949. The molecule has 3 heterocycles. The zero-order chi connectivity index (χ0) is 18.8. The number of benzene rings is 1. The molecule has 0 aliphatic carbocycles. The summed E-state index contributed by atoms with van der Waals surface area (Å²) < 4.78 is 1.07. The highest BCUT2D eigenvalue weighted by Gasteiger charge is 2.23. The van der Waals surface area contributed by atoms with Gasteiger partial charge < -0.3 is 9.80 Å². The van der Waals surface area contributed by atoms with Gasteiger partial charge in [-0.1, -0.05) is 29.0 Å². The molecule has 0 bridgehead atoms. The first kappa shape index (κ1) is 18.4. The highest BCUT2D eigenvalue weighted by Crippen LogP contribution is 2.31. The largest absolute Gasteiger partial charge is 0.345 e. The first-order chi connectivity index (χ1) is 13.1. The van der Waals surface area contributed by atoms with E-state index in [1.54, 1.807) is 17.4 Å². The fourth-order valence-electron chi connectivity index (χ4n) is 3.11. The number of hydrogen-bond donors (Lipinski definition) is 0. The van der Waals surface area contributed by atoms with Gasteiger partial charge in [0.05, 0.1) is 15.1 Å². The number of nitrogens with zero attached hydrogens (tertiary/aromatic N) is 3. The van der Waals surface area contributed by atoms with Crippen molar-refractivity contribution in [3.8, 4) is 0 Å². The quantitative estimate of drug-likeness (QED) is 0.578. The predicted molar refractivity (Wildman–Crippen MR) is 111 cm³/mol. The number of amides is 1. The molecule has 0 radical (unpaired) electrons. The molecule has 5 nitrogen and oxygen atoms in total. The van der Waals surface area contributed by atoms with Crippen LogP contribution in [-0.4, -0.2) is 47.8 Å². The normalized spacial score (nSPS) is 14.7. The molecule has 0 N–H and O–H groups in total. The fraction of sp³-hybridized carbons (Fsp3) is 0.316. The van der Waals surface area contributed by atoms with Crippen LogP contribution in [0.4, 0.5) is 5.13 Å². The van der Waals surface area contributed by atoms with Crippen LogP contribution in [0.1, 0.15) is 22.5 Å². The number of ketones is 1. The number of hydrogen-bond acceptors (Lipinski definition) is 6. The second-order valence-corrected chi connectivity index (χ2v) is 8.77. The average molecular weight is 420 g/mol. The van der Waals surface area contributed by atoms with Gasteiger partial charge >= 0.3 is 0 Å². The number of piperazine rings is 1. The summed E-state index contributed by atoms with van der Waals surface area (Å²) >= 11 is 9.10. The van der Waals surface area contributed by atoms with Gasteiger partial charge in [-0.3, -0.25) is 9.59 Å². The molecule has 140 valence electrons. The minimum Gasteiger partial charge on any atom is -0.345 e. The van der Waals surface area contributed by atoms with Gasteiger partial charge in [-0.25, -0.2) is 4.98 Å². The maximum absolute atomic E-state index is 12.4. The van der Waals surface area contributed by atoms with Gasteiger partial charge in [0, 0.05) is 44.0 Å². The molecule has 0 unspecified atom stereocenters. The summed E-state index contributed by atoms with van der Waals surface area (Å²) in [6, 6.07) is 9.38. The summed E-state index contributed by atoms with van der Waals surface area (Å²) in [6.45, 7) is 2.81. The Morgan fingerprint density at radius 3 is 2.67 bits per heavy atom. The molecule has 8 heteroatoms. The average Bonchev–Trinajstić information content (AvgIpc) is 3.35. The van der Waals surface area contributed by atoms with Crippen LogP contribution in [0.15, 0.2) is 35.7 Å². The number of rotatable bonds is 5. The minimum absolute atomic E-state index is 0.0464. The van der Waals surface area contributed by atoms with Crippen LogP contribution in [0.2, 0.25) is 5.02 Å². The maximum atomic E-state index is 12.4. The second-order valence-electron chi connectivity index (χ2n) is 6.38. The standard InChI is InChI=1S/C19H18ClN3O2S2/c20-13-3-4-14-17(12-13)27-19(21-14)23-9-7-22(8-10-23)18(25)6-5-15(24)16-2-1-11-26-16/h1-4,11-12H,5-10H2. The lowest BCUT2D eigenvalue weighted by Gasteiger charge is -2.34. The van der Waals surface area contributed by atoms with E-state index in [1.165, 1.54) is 11.3 Å². The molecule has 1 aromatic carbocycles. The molecule has 2 aromatic heterocycles. The third-order valence-corrected chi connectivity index (χ3v) is 6.83. The summed E-state index contributed by atoms with van der Waals surface area (Å²) in [4.78, 5) is 33.9. The summed E-state index contributed by atoms with van der Waals surface area (Å²) in [5, 5.41) is 3.56. The first-order valence-electron chi connectivity index (χ1n) is 8.76. The molecule has 1 fully saturated rings. The summed E-state index contributed by atoms with van der Waals surface area (Å²) in [6.07, 6.45) is 0.550. The van der Waals surface area contributed by atoms with Gasteiger partial charge in [0.15, 0.2) is 10.9 Å². The van der Waals surface area contributed by atoms with Gasteiger partial charge in [-0.15, -0.1) is 11.3 Å². The maximum Gasteiger partial charge on any atom is 0.223 e. The van der Waals surface area contributed by atoms with Crippen molar-refractivity contribution in [3.05, 3.63) is 45.6 Å². The van der Waals surface area contributed by atoms with E-state index < -0.39 is 0 Å². The van der Waals surface area contributed by atoms with Crippen LogP contribution >= 0.6 is 34.3 Å². The van der Waals surface area contributed by atoms with Crippen LogP contribution in [-0.2, 0) is 4.79 Å². The van der Waals surface area contributed by atoms with Crippen LogP contribution < -0.4 is 4.90 Å². The third-order valence-electron chi connectivity index (χ3n) is 4.60. The van der Waals surface area contributed by atoms with E-state index >= 15 is 0 Å². The number of fused-ring (bicyclic) bond motifs is 1. The molecule has 1 aliphatic heterocycles. The number of aromatic nitrogens is 1. The van der Waals surface area contributed by atoms with Gasteiger partial charge in [0.25, 0.3) is 0 Å². The Morgan fingerprint density at radius 1 is 1.11 bits per heavy atom. The van der Waals surface area contributed by atoms with Crippen LogP contribution in [0.5, 0.6) is 0 Å². The van der Waals surface area contributed by atoms with E-state index in [4.69, 9.17) is 11.6 Å². The molecule has 3 aromatic rings. The van der Waals surface area contributed by atoms with Gasteiger partial charge in [-0.2, -0.15) is 0 Å². The van der Waals surface area contributed by atoms with E-state index in [0.717, 1.165) is 33.3 Å². The fourth-order valence-corrected chi connectivity index (χ4v) is 5.10. The van der Waals surface area contributed by atoms with Crippen molar-refractivity contribution in [1.29, 1.82) is 0 Å². The second kappa shape index (κ2) is 7.96. The van der Waals surface area contributed by atoms with Gasteiger partial charge in [-0.05, 0) is 29.6 Å². The number of thiazole rings is 1. The predicted octanol–water partition coefficient (Wildman–Crippen LogP) is 4.32. The number of carbonyl (C=O) groups is 2. The van der Waals surface area contributed by atoms with Crippen molar-refractivity contribution in [1.82, 2.24) is 9.88 Å². The van der Waals surface area contributed by atoms with Crippen LogP contribution in [0.3, 0.4) is 0 Å². The Balaban J connectivity index is 1.31. The Bertz CT molecular complexity index is 963. The Morgan fingerprint density at radius 2 is 1.93 bits per heavy atom. The molecular weight excluding hydrogens is 402 g/mol. The highest BCUT2D eigenvalue weighted by atomic mass is 35.5. The highest BCUT2D eigenvalue weighted by molar-refractivity contribution is 7.22. The first-order valence-corrected chi connectivity index (χ1v) is 10.8. The monoisotopic (exact) mass is 419 g/mol. The SMILES string of the molecule is O=C(CCC(=O)N1CCN(c2nc3ccc(Cl)cc3s2)CC1)c1cccs1. The number of thiophene rings is 1. The van der Waals surface area contributed by atoms with E-state index in [2.05, 4.69) is 9.88 Å². The van der Waals surface area contributed by atoms with Gasteiger partial charge in [0.1, 0.15) is 0 Å². The zero-order valence-electron chi connectivity index (χ0n) is 14.6. The minimum atomic E-state index is 0.0464. The number of anilines is 1. The molecule has 0 spiro atoms. The van der Waals surface area contributed by atoms with Crippen LogP contribution in [0.25, 0.3) is 10.2 Å². The smallest absolute Gasteiger partial charge is 0.223 e. The van der Waals surface area contributed by atoms with E-state index in [1.807, 2.05) is 34.5 Å². The topological polar surface area (TPSA) is 53.5 Å². The zero-order valence-corrected chi connectivity index (χ0v) is 16.9. The molecule has 1 saturated heterocycles. The molecule has 4 rings (SSSR count). The van der Waals surface area contributed by atoms with Gasteiger partial charge in [0.2, 0.25) is 5.91 Å². The molecule has 1 aliphatic rings. The molecule has 1 amide bonds. The molecule has 0 atom stereocenters. The van der Waals surface area contributed by atoms with E-state index in [-0.39, 0.29) is 24.5 Å². The number of Topliss-reactive ketones (excluding diaryl/α,β-unsaturated/α-hetero) is 1. The Hall–Kier alpha value is -1.96. The lowest BCUT2D eigenvalue weighted by atomic mass is 10.1. The molecular formula is C19H18ClN3O2S2. The molecule has 0 saturated carbocycles. The summed E-state index contributed by atoms with van der Waals surface area (Å²) in [7, 11) is 0. The molecule has 27 heavy (non-hydrogen) atoms. The van der Waals surface area contributed by atoms with Crippen molar-refractivity contribution in [3.63, 3.8) is 0 Å². The van der Waals surface area contributed by atoms with Crippen molar-refractivity contribution in [2.75, 3.05) is 31.1 Å². The Kier molecular flexibility index (Phi) is 5.43. The van der Waals surface area contributed by atoms with Crippen molar-refractivity contribution in [2.24, 2.45) is 0 Å².